The van der Waals surface area contributed by atoms with E-state index in [1.165, 1.54) is 0 Å². The molecule has 5 nitrogen and oxygen atoms in total. The second kappa shape index (κ2) is 7.38. The molecule has 0 radical (unpaired) electrons. The standard InChI is InChI=1S/C15H28N2O3/c1-12(20-10-13-4-3-9-19-13)14(18)17-11-15(2)5-7-16-8-6-15/h12-13,16H,3-11H2,1-2H3,(H,17,18). The lowest BCUT2D eigenvalue weighted by Gasteiger charge is -2.34. The summed E-state index contributed by atoms with van der Waals surface area (Å²) in [6.07, 6.45) is 4.13. The molecule has 2 rings (SSSR count). The van der Waals surface area contributed by atoms with Crippen LogP contribution in [0, 0.1) is 5.41 Å². The van der Waals surface area contributed by atoms with E-state index in [2.05, 4.69) is 17.6 Å². The zero-order valence-corrected chi connectivity index (χ0v) is 12.7. The van der Waals surface area contributed by atoms with Crippen LogP contribution in [0.1, 0.15) is 39.5 Å². The van der Waals surface area contributed by atoms with E-state index in [0.717, 1.165) is 51.9 Å². The van der Waals surface area contributed by atoms with Crippen molar-refractivity contribution in [2.75, 3.05) is 32.8 Å². The van der Waals surface area contributed by atoms with Gasteiger partial charge < -0.3 is 20.1 Å². The van der Waals surface area contributed by atoms with Crippen LogP contribution in [0.25, 0.3) is 0 Å². The van der Waals surface area contributed by atoms with Gasteiger partial charge in [0, 0.05) is 13.2 Å². The fraction of sp³-hybridized carbons (Fsp3) is 0.933. The molecule has 20 heavy (non-hydrogen) atoms. The minimum Gasteiger partial charge on any atom is -0.376 e. The maximum atomic E-state index is 12.0. The van der Waals surface area contributed by atoms with E-state index in [1.54, 1.807) is 0 Å². The largest absolute Gasteiger partial charge is 0.376 e. The summed E-state index contributed by atoms with van der Waals surface area (Å²) in [6.45, 7) is 8.22. The summed E-state index contributed by atoms with van der Waals surface area (Å²) in [5, 5.41) is 6.39. The van der Waals surface area contributed by atoms with E-state index in [1.807, 2.05) is 6.92 Å². The predicted molar refractivity (Wildman–Crippen MR) is 77.6 cm³/mol. The van der Waals surface area contributed by atoms with Crippen molar-refractivity contribution in [2.45, 2.75) is 51.7 Å². The van der Waals surface area contributed by atoms with Crippen molar-refractivity contribution in [3.8, 4) is 0 Å². The van der Waals surface area contributed by atoms with Crippen LogP contribution in [-0.2, 0) is 14.3 Å². The Morgan fingerprint density at radius 2 is 2.25 bits per heavy atom. The molecule has 0 saturated carbocycles. The summed E-state index contributed by atoms with van der Waals surface area (Å²) in [7, 11) is 0. The van der Waals surface area contributed by atoms with E-state index >= 15 is 0 Å². The number of nitrogens with one attached hydrogen (secondary N) is 2. The Morgan fingerprint density at radius 3 is 2.90 bits per heavy atom. The summed E-state index contributed by atoms with van der Waals surface area (Å²) in [6, 6.07) is 0. The Balaban J connectivity index is 1.65. The lowest BCUT2D eigenvalue weighted by atomic mass is 9.81. The number of hydrogen-bond donors (Lipinski definition) is 2. The minimum absolute atomic E-state index is 0.0113. The minimum atomic E-state index is -0.399. The highest BCUT2D eigenvalue weighted by Crippen LogP contribution is 2.26. The van der Waals surface area contributed by atoms with Gasteiger partial charge in [-0.1, -0.05) is 6.92 Å². The molecule has 2 unspecified atom stereocenters. The van der Waals surface area contributed by atoms with E-state index in [0.29, 0.717) is 6.61 Å². The van der Waals surface area contributed by atoms with Gasteiger partial charge in [0.1, 0.15) is 6.10 Å². The Kier molecular flexibility index (Phi) is 5.81. The molecule has 0 spiro atoms. The lowest BCUT2D eigenvalue weighted by Crippen LogP contribution is -2.45. The van der Waals surface area contributed by atoms with Gasteiger partial charge in [-0.25, -0.2) is 0 Å². The summed E-state index contributed by atoms with van der Waals surface area (Å²) in [5.74, 6) is -0.0113. The van der Waals surface area contributed by atoms with Crippen LogP contribution in [0.3, 0.4) is 0 Å². The molecule has 1 amide bonds. The number of hydrogen-bond acceptors (Lipinski definition) is 4. The molecule has 5 heteroatoms. The Morgan fingerprint density at radius 1 is 1.50 bits per heavy atom. The monoisotopic (exact) mass is 284 g/mol. The van der Waals surface area contributed by atoms with Gasteiger partial charge in [-0.05, 0) is 51.1 Å². The van der Waals surface area contributed by atoms with Gasteiger partial charge in [0.15, 0.2) is 0 Å². The third kappa shape index (κ3) is 4.72. The van der Waals surface area contributed by atoms with Crippen molar-refractivity contribution in [3.05, 3.63) is 0 Å². The molecule has 0 aromatic heterocycles. The SMILES string of the molecule is CC(OCC1CCCO1)C(=O)NCC1(C)CCNCC1. The topological polar surface area (TPSA) is 59.6 Å². The summed E-state index contributed by atoms with van der Waals surface area (Å²) in [4.78, 5) is 12.0. The van der Waals surface area contributed by atoms with Gasteiger partial charge in [-0.15, -0.1) is 0 Å². The Bertz CT molecular complexity index is 310. The predicted octanol–water partition coefficient (Wildman–Crippen LogP) is 1.08. The quantitative estimate of drug-likeness (QED) is 0.766. The van der Waals surface area contributed by atoms with Crippen LogP contribution >= 0.6 is 0 Å². The van der Waals surface area contributed by atoms with Crippen LogP contribution in [0.2, 0.25) is 0 Å². The maximum absolute atomic E-state index is 12.0. The Labute approximate surface area is 121 Å². The summed E-state index contributed by atoms with van der Waals surface area (Å²) in [5.41, 5.74) is 0.217. The van der Waals surface area contributed by atoms with Crippen molar-refractivity contribution >= 4 is 5.91 Å². The first kappa shape index (κ1) is 15.7. The molecule has 2 saturated heterocycles. The zero-order valence-electron chi connectivity index (χ0n) is 12.7. The average Bonchev–Trinajstić information content (AvgIpc) is 2.96. The first-order valence-corrected chi connectivity index (χ1v) is 7.81. The molecule has 2 N–H and O–H groups in total. The molecular weight excluding hydrogens is 256 g/mol. The normalized spacial score (nSPS) is 27.2. The molecule has 2 aliphatic rings. The first-order valence-electron chi connectivity index (χ1n) is 7.81. The van der Waals surface area contributed by atoms with Crippen molar-refractivity contribution in [1.29, 1.82) is 0 Å². The second-order valence-electron chi connectivity index (χ2n) is 6.39. The van der Waals surface area contributed by atoms with Gasteiger partial charge in [-0.2, -0.15) is 0 Å². The van der Waals surface area contributed by atoms with Gasteiger partial charge in [-0.3, -0.25) is 4.79 Å². The van der Waals surface area contributed by atoms with Gasteiger partial charge in [0.2, 0.25) is 5.91 Å². The number of ether oxygens (including phenoxy) is 2. The van der Waals surface area contributed by atoms with Gasteiger partial charge in [0.25, 0.3) is 0 Å². The number of piperidine rings is 1. The zero-order chi connectivity index (χ0) is 14.4. The molecule has 2 heterocycles. The lowest BCUT2D eigenvalue weighted by molar-refractivity contribution is -0.134. The highest BCUT2D eigenvalue weighted by Gasteiger charge is 2.28. The molecule has 116 valence electrons. The van der Waals surface area contributed by atoms with Crippen molar-refractivity contribution < 1.29 is 14.3 Å². The van der Waals surface area contributed by atoms with Gasteiger partial charge in [0.05, 0.1) is 12.7 Å². The average molecular weight is 284 g/mol. The van der Waals surface area contributed by atoms with E-state index in [-0.39, 0.29) is 17.4 Å². The highest BCUT2D eigenvalue weighted by molar-refractivity contribution is 5.80. The first-order chi connectivity index (χ1) is 9.59. The molecule has 2 fully saturated rings. The van der Waals surface area contributed by atoms with Crippen molar-refractivity contribution in [1.82, 2.24) is 10.6 Å². The Hall–Kier alpha value is -0.650. The molecule has 0 bridgehead atoms. The summed E-state index contributed by atoms with van der Waals surface area (Å²) >= 11 is 0. The number of rotatable bonds is 6. The maximum Gasteiger partial charge on any atom is 0.248 e. The number of carbonyl (C=O) groups excluding carboxylic acids is 1. The molecular formula is C15H28N2O3. The summed E-state index contributed by atoms with van der Waals surface area (Å²) < 4.78 is 11.1. The fourth-order valence-corrected chi connectivity index (χ4v) is 2.75. The third-order valence-corrected chi connectivity index (χ3v) is 4.43. The van der Waals surface area contributed by atoms with Crippen LogP contribution in [0.4, 0.5) is 0 Å². The van der Waals surface area contributed by atoms with Gasteiger partial charge >= 0.3 is 0 Å². The van der Waals surface area contributed by atoms with Crippen LogP contribution in [0.5, 0.6) is 0 Å². The van der Waals surface area contributed by atoms with E-state index < -0.39 is 6.10 Å². The number of carbonyl (C=O) groups is 1. The second-order valence-corrected chi connectivity index (χ2v) is 6.39. The van der Waals surface area contributed by atoms with Crippen LogP contribution in [-0.4, -0.2) is 51.0 Å². The van der Waals surface area contributed by atoms with Crippen molar-refractivity contribution in [2.24, 2.45) is 5.41 Å². The smallest absolute Gasteiger partial charge is 0.248 e. The van der Waals surface area contributed by atoms with Crippen molar-refractivity contribution in [3.63, 3.8) is 0 Å². The van der Waals surface area contributed by atoms with Crippen LogP contribution < -0.4 is 10.6 Å². The molecule has 0 aromatic rings. The molecule has 0 aliphatic carbocycles. The van der Waals surface area contributed by atoms with Crippen LogP contribution in [0.15, 0.2) is 0 Å². The third-order valence-electron chi connectivity index (χ3n) is 4.43. The highest BCUT2D eigenvalue weighted by atomic mass is 16.5. The molecule has 2 atom stereocenters. The molecule has 2 aliphatic heterocycles. The van der Waals surface area contributed by atoms with E-state index in [4.69, 9.17) is 9.47 Å². The number of amides is 1. The molecule has 0 aromatic carbocycles. The fourth-order valence-electron chi connectivity index (χ4n) is 2.75. The van der Waals surface area contributed by atoms with E-state index in [9.17, 15) is 4.79 Å².